The van der Waals surface area contributed by atoms with Gasteiger partial charge in [-0.25, -0.2) is 39.9 Å². The van der Waals surface area contributed by atoms with E-state index < -0.39 is 0 Å². The maximum absolute atomic E-state index is 7.02. The summed E-state index contributed by atoms with van der Waals surface area (Å²) in [6.07, 6.45) is 3.51. The molecule has 474 valence electrons. The van der Waals surface area contributed by atoms with Crippen LogP contribution in [0.1, 0.15) is 0 Å². The van der Waals surface area contributed by atoms with E-state index in [2.05, 4.69) is 193 Å². The van der Waals surface area contributed by atoms with Gasteiger partial charge in [0.05, 0.1) is 0 Å². The van der Waals surface area contributed by atoms with Crippen LogP contribution < -0.4 is 0 Å². The van der Waals surface area contributed by atoms with Crippen LogP contribution in [0.4, 0.5) is 0 Å². The van der Waals surface area contributed by atoms with Crippen LogP contribution in [-0.2, 0) is 0 Å². The normalized spacial score (nSPS) is 11.9. The summed E-state index contributed by atoms with van der Waals surface area (Å²) in [6, 6.07) is 99.9. The van der Waals surface area contributed by atoms with Gasteiger partial charge in [-0.3, -0.25) is 0 Å². The molecular formula is C90H50N8O4. The highest BCUT2D eigenvalue weighted by Gasteiger charge is 2.27. The summed E-state index contributed by atoms with van der Waals surface area (Å²) in [4.78, 5) is 41.7. The molecule has 0 N–H and O–H groups in total. The number of hydrogen-bond acceptors (Lipinski definition) is 12. The Morgan fingerprint density at radius 3 is 1.31 bits per heavy atom. The molecule has 0 bridgehead atoms. The number of para-hydroxylation sites is 2. The molecule has 0 fully saturated rings. The van der Waals surface area contributed by atoms with Gasteiger partial charge in [-0.05, 0) is 152 Å². The van der Waals surface area contributed by atoms with Gasteiger partial charge in [-0.1, -0.05) is 194 Å². The summed E-state index contributed by atoms with van der Waals surface area (Å²) >= 11 is 0. The van der Waals surface area contributed by atoms with Crippen LogP contribution in [0.25, 0.3) is 222 Å². The van der Waals surface area contributed by atoms with Crippen molar-refractivity contribution in [2.45, 2.75) is 0 Å². The Balaban J connectivity index is 0.679. The first-order valence-corrected chi connectivity index (χ1v) is 33.7. The number of rotatable bonds is 10. The number of benzene rings is 13. The molecule has 0 aliphatic heterocycles. The standard InChI is InChI=1S/C90H50N8O4/c1-2-16-51(17-3-1)62-49-72(78-70-27-14-44-91-89(70)101-76(78)50-62)88-96-84(61-39-35-53-19-5-7-21-57(53)48-61)95-86(98-88)68-43-41-64(81-79(68)66-25-9-11-30-74(66)100-81)59-23-12-22-58(46-59)54-32-36-55(37-33-54)63-40-42-69(80-71-28-15-45-92-90(71)102-82(63)80)87-94-83(60-38-34-52-18-4-6-20-56(52)47-60)93-85(97-87)67-26-13-31-75-77(67)65-24-8-10-29-73(65)99-75/h1-50H. The number of nitrogens with zero attached hydrogens (tertiary/aromatic N) is 8. The fraction of sp³-hybridized carbons (Fsp3) is 0. The van der Waals surface area contributed by atoms with E-state index in [4.69, 9.17) is 52.6 Å². The first-order chi connectivity index (χ1) is 50.5. The quantitative estimate of drug-likeness (QED) is 0.128. The van der Waals surface area contributed by atoms with Crippen molar-refractivity contribution in [2.24, 2.45) is 0 Å². The fourth-order valence-electron chi connectivity index (χ4n) is 14.9. The molecule has 12 nitrogen and oxygen atoms in total. The molecular weight excluding hydrogens is 1260 g/mol. The minimum Gasteiger partial charge on any atom is -0.456 e. The zero-order valence-corrected chi connectivity index (χ0v) is 54.1. The lowest BCUT2D eigenvalue weighted by Crippen LogP contribution is -2.01. The highest BCUT2D eigenvalue weighted by molar-refractivity contribution is 6.18. The SMILES string of the molecule is c1ccc(-c2cc(-c3nc(-c4ccc5ccccc5c4)nc(-c4ccc(-c5cccc(-c6ccc(-c7ccc(-c8nc(-c9ccc%10ccccc%10c9)nc(-c9cccc%10oc%11ccccc%11c9%10)n8)c8c7oc7ncccc78)cc6)c5)c5oc6ccccc6c45)n3)c3c(c2)oc2ncccc23)cc1. The summed E-state index contributed by atoms with van der Waals surface area (Å²) in [6.45, 7) is 0. The van der Waals surface area contributed by atoms with E-state index in [-0.39, 0.29) is 0 Å². The van der Waals surface area contributed by atoms with E-state index in [1.165, 1.54) is 0 Å². The Bertz CT molecular complexity index is 7030. The smallest absolute Gasteiger partial charge is 0.227 e. The second kappa shape index (κ2) is 22.7. The minimum atomic E-state index is 0.493. The number of furan rings is 4. The lowest BCUT2D eigenvalue weighted by Gasteiger charge is -2.13. The van der Waals surface area contributed by atoms with Gasteiger partial charge < -0.3 is 17.7 Å². The molecule has 12 heteroatoms. The van der Waals surface area contributed by atoms with E-state index in [0.717, 1.165) is 159 Å². The molecule has 21 rings (SSSR count). The van der Waals surface area contributed by atoms with Crippen molar-refractivity contribution in [1.82, 2.24) is 39.9 Å². The van der Waals surface area contributed by atoms with Crippen LogP contribution in [0.5, 0.6) is 0 Å². The topological polar surface area (TPSA) is 156 Å². The highest BCUT2D eigenvalue weighted by atomic mass is 16.3. The fourth-order valence-corrected chi connectivity index (χ4v) is 14.9. The van der Waals surface area contributed by atoms with Gasteiger partial charge in [-0.2, -0.15) is 0 Å². The number of aromatic nitrogens is 8. The Labute approximate surface area is 580 Å². The van der Waals surface area contributed by atoms with Gasteiger partial charge in [0.15, 0.2) is 34.9 Å². The summed E-state index contributed by atoms with van der Waals surface area (Å²) < 4.78 is 26.8. The Hall–Kier alpha value is -14.1. The molecule has 0 radical (unpaired) electrons. The molecule has 102 heavy (non-hydrogen) atoms. The monoisotopic (exact) mass is 1310 g/mol. The molecule has 0 spiro atoms. The molecule has 8 aromatic heterocycles. The number of hydrogen-bond donors (Lipinski definition) is 0. The summed E-state index contributed by atoms with van der Waals surface area (Å²) in [5, 5.41) is 11.6. The van der Waals surface area contributed by atoms with Crippen molar-refractivity contribution in [2.75, 3.05) is 0 Å². The molecule has 0 saturated carbocycles. The maximum Gasteiger partial charge on any atom is 0.227 e. The largest absolute Gasteiger partial charge is 0.456 e. The van der Waals surface area contributed by atoms with E-state index in [0.29, 0.717) is 63.1 Å². The zero-order valence-electron chi connectivity index (χ0n) is 54.1. The maximum atomic E-state index is 7.02. The molecule has 0 atom stereocenters. The van der Waals surface area contributed by atoms with Gasteiger partial charge in [-0.15, -0.1) is 0 Å². The lowest BCUT2D eigenvalue weighted by molar-refractivity contribution is 0.654. The third-order valence-electron chi connectivity index (χ3n) is 19.7. The third kappa shape index (κ3) is 9.31. The molecule has 0 amide bonds. The Kier molecular flexibility index (Phi) is 12.7. The van der Waals surface area contributed by atoms with E-state index in [1.54, 1.807) is 12.4 Å². The second-order valence-electron chi connectivity index (χ2n) is 25.7. The minimum absolute atomic E-state index is 0.493. The Morgan fingerprint density at radius 2 is 0.637 bits per heavy atom. The molecule has 21 aromatic rings. The lowest BCUT2D eigenvalue weighted by atomic mass is 9.94. The van der Waals surface area contributed by atoms with Crippen molar-refractivity contribution >= 4 is 110 Å². The van der Waals surface area contributed by atoms with Crippen molar-refractivity contribution in [3.05, 3.63) is 304 Å². The first-order valence-electron chi connectivity index (χ1n) is 33.7. The van der Waals surface area contributed by atoms with E-state index in [9.17, 15) is 0 Å². The van der Waals surface area contributed by atoms with Crippen LogP contribution in [0.2, 0.25) is 0 Å². The predicted molar refractivity (Wildman–Crippen MR) is 407 cm³/mol. The van der Waals surface area contributed by atoms with Crippen LogP contribution in [0.3, 0.4) is 0 Å². The highest BCUT2D eigenvalue weighted by Crippen LogP contribution is 2.47. The van der Waals surface area contributed by atoms with Crippen molar-refractivity contribution < 1.29 is 17.7 Å². The molecule has 0 aliphatic carbocycles. The second-order valence-corrected chi connectivity index (χ2v) is 25.7. The van der Waals surface area contributed by atoms with Gasteiger partial charge in [0, 0.05) is 100.0 Å². The predicted octanol–water partition coefficient (Wildman–Crippen LogP) is 23.4. The molecule has 13 aromatic carbocycles. The van der Waals surface area contributed by atoms with Gasteiger partial charge in [0.1, 0.15) is 33.5 Å². The van der Waals surface area contributed by atoms with Crippen LogP contribution in [0.15, 0.2) is 321 Å². The number of fused-ring (bicyclic) bond motifs is 14. The average molecular weight is 1310 g/mol. The molecule has 0 aliphatic rings. The van der Waals surface area contributed by atoms with Crippen LogP contribution in [0, 0.1) is 0 Å². The molecule has 8 heterocycles. The number of pyridine rings is 2. The Morgan fingerprint density at radius 1 is 0.196 bits per heavy atom. The summed E-state index contributed by atoms with van der Waals surface area (Å²) in [5.74, 6) is 3.07. The van der Waals surface area contributed by atoms with Crippen LogP contribution >= 0.6 is 0 Å². The average Bonchev–Trinajstić information content (AvgIpc) is 1.53. The van der Waals surface area contributed by atoms with E-state index >= 15 is 0 Å². The van der Waals surface area contributed by atoms with E-state index in [1.807, 2.05) is 103 Å². The molecule has 0 unspecified atom stereocenters. The summed E-state index contributed by atoms with van der Waals surface area (Å²) in [5.41, 5.74) is 18.1. The third-order valence-corrected chi connectivity index (χ3v) is 19.7. The van der Waals surface area contributed by atoms with Crippen molar-refractivity contribution in [3.8, 4) is 113 Å². The molecule has 0 saturated heterocycles. The van der Waals surface area contributed by atoms with Crippen molar-refractivity contribution in [3.63, 3.8) is 0 Å². The first kappa shape index (κ1) is 57.0. The van der Waals surface area contributed by atoms with Crippen molar-refractivity contribution in [1.29, 1.82) is 0 Å². The van der Waals surface area contributed by atoms with Gasteiger partial charge in [0.25, 0.3) is 0 Å². The van der Waals surface area contributed by atoms with Crippen LogP contribution in [-0.4, -0.2) is 39.9 Å². The zero-order chi connectivity index (χ0) is 66.9. The summed E-state index contributed by atoms with van der Waals surface area (Å²) in [7, 11) is 0. The van der Waals surface area contributed by atoms with Gasteiger partial charge in [0.2, 0.25) is 11.4 Å². The van der Waals surface area contributed by atoms with Gasteiger partial charge >= 0.3 is 0 Å².